The van der Waals surface area contributed by atoms with E-state index in [4.69, 9.17) is 0 Å². The first kappa shape index (κ1) is 11.9. The minimum absolute atomic E-state index is 0.191. The van der Waals surface area contributed by atoms with Crippen LogP contribution in [-0.2, 0) is 0 Å². The highest BCUT2D eigenvalue weighted by Crippen LogP contribution is 2.10. The lowest BCUT2D eigenvalue weighted by atomic mass is 10.2. The Morgan fingerprint density at radius 2 is 1.17 bits per heavy atom. The van der Waals surface area contributed by atoms with E-state index >= 15 is 0 Å². The predicted molar refractivity (Wildman–Crippen MR) is 71.4 cm³/mol. The second-order valence-corrected chi connectivity index (χ2v) is 3.68. The highest BCUT2D eigenvalue weighted by Gasteiger charge is 1.90. The Morgan fingerprint density at radius 3 is 1.56 bits per heavy atom. The van der Waals surface area contributed by atoms with E-state index in [0.29, 0.717) is 0 Å². The van der Waals surface area contributed by atoms with E-state index < -0.39 is 0 Å². The molecule has 4 heteroatoms. The van der Waals surface area contributed by atoms with Gasteiger partial charge in [-0.1, -0.05) is 24.3 Å². The molecule has 0 radical (unpaired) electrons. The quantitative estimate of drug-likeness (QED) is 0.639. The smallest absolute Gasteiger partial charge is 0.116 e. The molecule has 2 aromatic rings. The Labute approximate surface area is 105 Å². The number of aromatic hydroxyl groups is 2. The van der Waals surface area contributed by atoms with Gasteiger partial charge in [0, 0.05) is 0 Å². The van der Waals surface area contributed by atoms with Crippen LogP contribution in [0, 0.1) is 0 Å². The summed E-state index contributed by atoms with van der Waals surface area (Å²) >= 11 is 0. The fraction of sp³-hybridized carbons (Fsp3) is 0. The van der Waals surface area contributed by atoms with Crippen molar-refractivity contribution in [2.75, 3.05) is 0 Å². The van der Waals surface area contributed by atoms with Crippen LogP contribution >= 0.6 is 0 Å². The molecule has 0 spiro atoms. The summed E-state index contributed by atoms with van der Waals surface area (Å²) in [5.41, 5.74) is 1.53. The standard InChI is InChI=1S/C14H12N2O2/c17-13-5-1-3-11(7-13)9-15-16-10-12-4-2-6-14(18)8-12/h1-10,17-18H/b15-9-,16-10-. The van der Waals surface area contributed by atoms with E-state index in [1.165, 1.54) is 0 Å². The molecule has 0 amide bonds. The van der Waals surface area contributed by atoms with Crippen LogP contribution in [0.5, 0.6) is 11.5 Å². The molecule has 2 N–H and O–H groups in total. The Morgan fingerprint density at radius 1 is 0.722 bits per heavy atom. The minimum atomic E-state index is 0.191. The zero-order chi connectivity index (χ0) is 12.8. The first-order chi connectivity index (χ1) is 8.74. The SMILES string of the molecule is Oc1cccc(/C=N\N=C/c2cccc(O)c2)c1. The largest absolute Gasteiger partial charge is 0.508 e. The summed E-state index contributed by atoms with van der Waals surface area (Å²) in [7, 11) is 0. The number of hydrogen-bond donors (Lipinski definition) is 2. The molecule has 90 valence electrons. The maximum Gasteiger partial charge on any atom is 0.116 e. The summed E-state index contributed by atoms with van der Waals surface area (Å²) in [4.78, 5) is 0. The number of benzene rings is 2. The van der Waals surface area contributed by atoms with Gasteiger partial charge < -0.3 is 10.2 Å². The van der Waals surface area contributed by atoms with E-state index in [1.54, 1.807) is 48.8 Å². The van der Waals surface area contributed by atoms with Crippen molar-refractivity contribution < 1.29 is 10.2 Å². The van der Waals surface area contributed by atoms with Gasteiger partial charge in [-0.25, -0.2) is 0 Å². The average molecular weight is 240 g/mol. The molecule has 2 rings (SSSR count). The second-order valence-electron chi connectivity index (χ2n) is 3.68. The normalized spacial score (nSPS) is 11.3. The summed E-state index contributed by atoms with van der Waals surface area (Å²) in [5, 5.41) is 26.2. The van der Waals surface area contributed by atoms with Crippen molar-refractivity contribution >= 4 is 12.4 Å². The number of rotatable bonds is 3. The lowest BCUT2D eigenvalue weighted by Gasteiger charge is -1.93. The predicted octanol–water partition coefficient (Wildman–Crippen LogP) is 2.55. The highest BCUT2D eigenvalue weighted by molar-refractivity contribution is 5.83. The maximum atomic E-state index is 9.25. The van der Waals surface area contributed by atoms with Gasteiger partial charge in [0.2, 0.25) is 0 Å². The number of phenolic OH excluding ortho intramolecular Hbond substituents is 2. The molecule has 0 atom stereocenters. The van der Waals surface area contributed by atoms with Gasteiger partial charge in [-0.2, -0.15) is 10.2 Å². The average Bonchev–Trinajstić information content (AvgIpc) is 2.35. The number of hydrogen-bond acceptors (Lipinski definition) is 4. The Bertz CT molecular complexity index is 538. The van der Waals surface area contributed by atoms with E-state index in [1.807, 2.05) is 12.1 Å². The molecule has 0 fully saturated rings. The van der Waals surface area contributed by atoms with Gasteiger partial charge in [-0.15, -0.1) is 0 Å². The third kappa shape index (κ3) is 3.45. The summed E-state index contributed by atoms with van der Waals surface area (Å²) < 4.78 is 0. The molecule has 18 heavy (non-hydrogen) atoms. The van der Waals surface area contributed by atoms with E-state index in [0.717, 1.165) is 11.1 Å². The van der Waals surface area contributed by atoms with Crippen LogP contribution in [0.3, 0.4) is 0 Å². The fourth-order valence-electron chi connectivity index (χ4n) is 1.41. The molecule has 0 aliphatic rings. The molecule has 0 aliphatic carbocycles. The zero-order valence-electron chi connectivity index (χ0n) is 9.56. The summed E-state index contributed by atoms with van der Waals surface area (Å²) in [6.07, 6.45) is 3.08. The van der Waals surface area contributed by atoms with Crippen molar-refractivity contribution in [1.82, 2.24) is 0 Å². The van der Waals surface area contributed by atoms with Crippen LogP contribution in [0.25, 0.3) is 0 Å². The van der Waals surface area contributed by atoms with Crippen LogP contribution in [0.1, 0.15) is 11.1 Å². The minimum Gasteiger partial charge on any atom is -0.508 e. The molecule has 0 bridgehead atoms. The van der Waals surface area contributed by atoms with Crippen molar-refractivity contribution in [3.05, 3.63) is 59.7 Å². The molecule has 2 aromatic carbocycles. The van der Waals surface area contributed by atoms with E-state index in [9.17, 15) is 10.2 Å². The van der Waals surface area contributed by atoms with Gasteiger partial charge >= 0.3 is 0 Å². The van der Waals surface area contributed by atoms with Crippen molar-refractivity contribution in [2.24, 2.45) is 10.2 Å². The van der Waals surface area contributed by atoms with E-state index in [2.05, 4.69) is 10.2 Å². The topological polar surface area (TPSA) is 65.2 Å². The summed E-state index contributed by atoms with van der Waals surface area (Å²) in [6.45, 7) is 0. The van der Waals surface area contributed by atoms with Crippen LogP contribution in [0.15, 0.2) is 58.7 Å². The van der Waals surface area contributed by atoms with Crippen molar-refractivity contribution in [1.29, 1.82) is 0 Å². The van der Waals surface area contributed by atoms with Crippen LogP contribution < -0.4 is 0 Å². The maximum absolute atomic E-state index is 9.25. The Hall–Kier alpha value is -2.62. The van der Waals surface area contributed by atoms with Gasteiger partial charge in [0.25, 0.3) is 0 Å². The fourth-order valence-corrected chi connectivity index (χ4v) is 1.41. The second kappa shape index (κ2) is 5.63. The van der Waals surface area contributed by atoms with Gasteiger partial charge in [-0.05, 0) is 35.4 Å². The molecule has 0 aliphatic heterocycles. The third-order valence-corrected chi connectivity index (χ3v) is 2.22. The third-order valence-electron chi connectivity index (χ3n) is 2.22. The lowest BCUT2D eigenvalue weighted by Crippen LogP contribution is -1.81. The summed E-state index contributed by atoms with van der Waals surface area (Å²) in [6, 6.07) is 13.5. The molecule has 0 aromatic heterocycles. The Balaban J connectivity index is 2.03. The van der Waals surface area contributed by atoms with Gasteiger partial charge in [0.05, 0.1) is 12.4 Å². The molecular formula is C14H12N2O2. The van der Waals surface area contributed by atoms with Gasteiger partial charge in [0.1, 0.15) is 11.5 Å². The monoisotopic (exact) mass is 240 g/mol. The van der Waals surface area contributed by atoms with Crippen LogP contribution in [0.2, 0.25) is 0 Å². The number of nitrogens with zero attached hydrogens (tertiary/aromatic N) is 2. The van der Waals surface area contributed by atoms with E-state index in [-0.39, 0.29) is 11.5 Å². The van der Waals surface area contributed by atoms with Gasteiger partial charge in [0.15, 0.2) is 0 Å². The highest BCUT2D eigenvalue weighted by atomic mass is 16.3. The van der Waals surface area contributed by atoms with Crippen molar-refractivity contribution in [3.63, 3.8) is 0 Å². The summed E-state index contributed by atoms with van der Waals surface area (Å²) in [5.74, 6) is 0.381. The lowest BCUT2D eigenvalue weighted by molar-refractivity contribution is 0.474. The molecule has 0 saturated carbocycles. The van der Waals surface area contributed by atoms with Crippen LogP contribution in [-0.4, -0.2) is 22.6 Å². The van der Waals surface area contributed by atoms with Crippen LogP contribution in [0.4, 0.5) is 0 Å². The Kier molecular flexibility index (Phi) is 3.71. The molecule has 0 heterocycles. The number of phenols is 2. The van der Waals surface area contributed by atoms with Crippen molar-refractivity contribution in [3.8, 4) is 11.5 Å². The molecular weight excluding hydrogens is 228 g/mol. The van der Waals surface area contributed by atoms with Crippen molar-refractivity contribution in [2.45, 2.75) is 0 Å². The van der Waals surface area contributed by atoms with Gasteiger partial charge in [-0.3, -0.25) is 0 Å². The first-order valence-electron chi connectivity index (χ1n) is 5.38. The zero-order valence-corrected chi connectivity index (χ0v) is 9.56. The molecule has 0 unspecified atom stereocenters. The first-order valence-corrected chi connectivity index (χ1v) is 5.38. The molecule has 4 nitrogen and oxygen atoms in total. The molecule has 0 saturated heterocycles.